The van der Waals surface area contributed by atoms with Crippen molar-refractivity contribution in [1.29, 1.82) is 0 Å². The topological polar surface area (TPSA) is 78.5 Å². The molecule has 2 N–H and O–H groups in total. The molecule has 7 heteroatoms. The van der Waals surface area contributed by atoms with Gasteiger partial charge >= 0.3 is 0 Å². The summed E-state index contributed by atoms with van der Waals surface area (Å²) in [6.45, 7) is 5.67. The van der Waals surface area contributed by atoms with E-state index in [9.17, 15) is 14.4 Å². The Labute approximate surface area is 151 Å². The number of hydrogen-bond donors (Lipinski definition) is 2. The fourth-order valence-corrected chi connectivity index (χ4v) is 4.63. The third-order valence-corrected chi connectivity index (χ3v) is 6.17. The molecule has 134 valence electrons. The first-order chi connectivity index (χ1) is 11.8. The number of fused-ring (bicyclic) bond motifs is 1. The quantitative estimate of drug-likeness (QED) is 0.864. The van der Waals surface area contributed by atoms with Crippen molar-refractivity contribution in [3.8, 4) is 0 Å². The van der Waals surface area contributed by atoms with Crippen LogP contribution in [0.5, 0.6) is 0 Å². The maximum Gasteiger partial charge on any atom is 0.248 e. The summed E-state index contributed by atoms with van der Waals surface area (Å²) in [4.78, 5) is 38.1. The van der Waals surface area contributed by atoms with E-state index in [1.54, 1.807) is 40.9 Å². The van der Waals surface area contributed by atoms with E-state index < -0.39 is 6.04 Å². The van der Waals surface area contributed by atoms with E-state index in [1.807, 2.05) is 20.8 Å². The number of rotatable bonds is 4. The Hall–Kier alpha value is -2.02. The number of carbonyl (C=O) groups excluding carboxylic acids is 3. The van der Waals surface area contributed by atoms with E-state index in [-0.39, 0.29) is 28.5 Å². The van der Waals surface area contributed by atoms with Gasteiger partial charge < -0.3 is 15.5 Å². The molecule has 2 heterocycles. The van der Waals surface area contributed by atoms with Crippen molar-refractivity contribution in [3.05, 3.63) is 24.3 Å². The van der Waals surface area contributed by atoms with Gasteiger partial charge in [-0.3, -0.25) is 14.4 Å². The second kappa shape index (κ2) is 6.71. The average molecular weight is 361 g/mol. The van der Waals surface area contributed by atoms with Crippen molar-refractivity contribution in [2.75, 3.05) is 16.4 Å². The molecule has 0 bridgehead atoms. The minimum Gasteiger partial charge on any atom is -0.326 e. The van der Waals surface area contributed by atoms with Gasteiger partial charge in [-0.25, -0.2) is 0 Å². The van der Waals surface area contributed by atoms with E-state index in [0.29, 0.717) is 23.5 Å². The highest BCUT2D eigenvalue weighted by Gasteiger charge is 2.52. The zero-order valence-electron chi connectivity index (χ0n) is 14.7. The summed E-state index contributed by atoms with van der Waals surface area (Å²) in [5.41, 5.74) is 1.25. The summed E-state index contributed by atoms with van der Waals surface area (Å²) in [5.74, 6) is 0.281. The number of carbonyl (C=O) groups is 3. The number of nitrogens with zero attached hydrogens (tertiary/aromatic N) is 1. The lowest BCUT2D eigenvalue weighted by Crippen LogP contribution is -2.48. The maximum absolute atomic E-state index is 12.7. The van der Waals surface area contributed by atoms with Gasteiger partial charge in [-0.1, -0.05) is 19.9 Å². The molecular weight excluding hydrogens is 338 g/mol. The normalized spacial score (nSPS) is 25.2. The van der Waals surface area contributed by atoms with Gasteiger partial charge in [0.15, 0.2) is 0 Å². The maximum atomic E-state index is 12.7. The van der Waals surface area contributed by atoms with Crippen LogP contribution in [0.15, 0.2) is 24.3 Å². The van der Waals surface area contributed by atoms with Gasteiger partial charge in [0.1, 0.15) is 6.04 Å². The minimum absolute atomic E-state index is 0.0468. The second-order valence-corrected chi connectivity index (χ2v) is 8.48. The highest BCUT2D eigenvalue weighted by Crippen LogP contribution is 2.47. The van der Waals surface area contributed by atoms with Crippen LogP contribution in [0.3, 0.4) is 0 Å². The summed E-state index contributed by atoms with van der Waals surface area (Å²) in [6.07, 6.45) is 1.29. The molecule has 1 aromatic rings. The van der Waals surface area contributed by atoms with Gasteiger partial charge in [0, 0.05) is 29.5 Å². The Morgan fingerprint density at radius 1 is 1.28 bits per heavy atom. The predicted octanol–water partition coefficient (Wildman–Crippen LogP) is 2.67. The largest absolute Gasteiger partial charge is 0.326 e. The number of benzene rings is 1. The molecule has 2 fully saturated rings. The molecule has 2 saturated heterocycles. The summed E-state index contributed by atoms with van der Waals surface area (Å²) in [5, 5.41) is 5.70. The average Bonchev–Trinajstić information content (AvgIpc) is 3.04. The number of amides is 3. The monoisotopic (exact) mass is 361 g/mol. The summed E-state index contributed by atoms with van der Waals surface area (Å²) < 4.78 is 0. The number of nitrogens with one attached hydrogen (secondary N) is 2. The van der Waals surface area contributed by atoms with Gasteiger partial charge in [0.2, 0.25) is 17.7 Å². The molecule has 0 spiro atoms. The molecule has 0 radical (unpaired) electrons. The van der Waals surface area contributed by atoms with E-state index >= 15 is 0 Å². The first-order valence-electron chi connectivity index (χ1n) is 8.48. The molecule has 0 aromatic heterocycles. The minimum atomic E-state index is -0.445. The van der Waals surface area contributed by atoms with Crippen LogP contribution in [0, 0.1) is 5.92 Å². The Bertz CT molecular complexity index is 721. The number of hydrogen-bond acceptors (Lipinski definition) is 4. The van der Waals surface area contributed by atoms with Gasteiger partial charge in [0.05, 0.1) is 4.87 Å². The fourth-order valence-electron chi connectivity index (χ4n) is 3.20. The molecule has 6 nitrogen and oxygen atoms in total. The molecule has 0 aliphatic carbocycles. The van der Waals surface area contributed by atoms with E-state index in [0.717, 1.165) is 6.42 Å². The standard InChI is InChI=1S/C18H23N3O3S/c1-11(2)16(23)19-12-5-4-6-13(9-12)20-17(24)14-10-25-18(3)8-7-15(22)21(14)18/h4-6,9,11,14H,7-8,10H2,1-3H3,(H,19,23)(H,20,24). The Morgan fingerprint density at radius 2 is 1.96 bits per heavy atom. The first kappa shape index (κ1) is 17.8. The zero-order valence-corrected chi connectivity index (χ0v) is 15.5. The highest BCUT2D eigenvalue weighted by molar-refractivity contribution is 8.01. The Kier molecular flexibility index (Phi) is 4.77. The van der Waals surface area contributed by atoms with Crippen LogP contribution >= 0.6 is 11.8 Å². The molecule has 2 aliphatic rings. The number of anilines is 2. The molecule has 3 amide bonds. The third-order valence-electron chi connectivity index (χ3n) is 4.67. The van der Waals surface area contributed by atoms with Gasteiger partial charge in [-0.2, -0.15) is 0 Å². The molecule has 2 atom stereocenters. The molecule has 2 unspecified atom stereocenters. The lowest BCUT2D eigenvalue weighted by molar-refractivity contribution is -0.135. The van der Waals surface area contributed by atoms with Crippen molar-refractivity contribution in [1.82, 2.24) is 4.90 Å². The van der Waals surface area contributed by atoms with Crippen LogP contribution in [0.4, 0.5) is 11.4 Å². The molecule has 0 saturated carbocycles. The fraction of sp³-hybridized carbons (Fsp3) is 0.500. The SMILES string of the molecule is CC(C)C(=O)Nc1cccc(NC(=O)C2CSC3(C)CCC(=O)N23)c1. The van der Waals surface area contributed by atoms with Gasteiger partial charge in [0.25, 0.3) is 0 Å². The highest BCUT2D eigenvalue weighted by atomic mass is 32.2. The van der Waals surface area contributed by atoms with Crippen LogP contribution in [0.2, 0.25) is 0 Å². The smallest absolute Gasteiger partial charge is 0.248 e. The molecule has 3 rings (SSSR count). The van der Waals surface area contributed by atoms with Crippen LogP contribution < -0.4 is 10.6 Å². The van der Waals surface area contributed by atoms with Crippen LogP contribution in [0.25, 0.3) is 0 Å². The van der Waals surface area contributed by atoms with E-state index in [1.165, 1.54) is 0 Å². The van der Waals surface area contributed by atoms with Crippen LogP contribution in [-0.4, -0.2) is 39.3 Å². The predicted molar refractivity (Wildman–Crippen MR) is 99.3 cm³/mol. The van der Waals surface area contributed by atoms with Gasteiger partial charge in [-0.05, 0) is 31.5 Å². The molecule has 25 heavy (non-hydrogen) atoms. The Balaban J connectivity index is 1.69. The molecular formula is C18H23N3O3S. The summed E-state index contributed by atoms with van der Waals surface area (Å²) in [7, 11) is 0. The lowest BCUT2D eigenvalue weighted by Gasteiger charge is -2.29. The first-order valence-corrected chi connectivity index (χ1v) is 9.46. The van der Waals surface area contributed by atoms with Crippen LogP contribution in [0.1, 0.15) is 33.6 Å². The van der Waals surface area contributed by atoms with Gasteiger partial charge in [-0.15, -0.1) is 11.8 Å². The van der Waals surface area contributed by atoms with Crippen molar-refractivity contribution in [2.45, 2.75) is 44.5 Å². The third kappa shape index (κ3) is 3.51. The Morgan fingerprint density at radius 3 is 2.64 bits per heavy atom. The zero-order chi connectivity index (χ0) is 18.2. The molecule has 2 aliphatic heterocycles. The van der Waals surface area contributed by atoms with E-state index in [4.69, 9.17) is 0 Å². The number of thioether (sulfide) groups is 1. The van der Waals surface area contributed by atoms with Crippen molar-refractivity contribution < 1.29 is 14.4 Å². The van der Waals surface area contributed by atoms with Crippen molar-refractivity contribution >= 4 is 40.9 Å². The van der Waals surface area contributed by atoms with Crippen molar-refractivity contribution in [3.63, 3.8) is 0 Å². The van der Waals surface area contributed by atoms with E-state index in [2.05, 4.69) is 10.6 Å². The summed E-state index contributed by atoms with van der Waals surface area (Å²) in [6, 6.07) is 6.61. The summed E-state index contributed by atoms with van der Waals surface area (Å²) >= 11 is 1.67. The second-order valence-electron chi connectivity index (χ2n) is 6.98. The van der Waals surface area contributed by atoms with Crippen molar-refractivity contribution in [2.24, 2.45) is 5.92 Å². The van der Waals surface area contributed by atoms with Crippen LogP contribution in [-0.2, 0) is 14.4 Å². The lowest BCUT2D eigenvalue weighted by atomic mass is 10.2. The molecule has 1 aromatic carbocycles.